The molecule has 1 aliphatic rings. The second kappa shape index (κ2) is 6.38. The highest BCUT2D eigenvalue weighted by Gasteiger charge is 2.22. The lowest BCUT2D eigenvalue weighted by Gasteiger charge is -2.23. The second-order valence-electron chi connectivity index (χ2n) is 4.13. The number of nitrogens with zero attached hydrogens (tertiary/aromatic N) is 1. The average molecular weight is 200 g/mol. The Morgan fingerprint density at radius 1 is 1.57 bits per heavy atom. The van der Waals surface area contributed by atoms with Crippen LogP contribution in [0.4, 0.5) is 0 Å². The van der Waals surface area contributed by atoms with E-state index in [1.165, 1.54) is 25.9 Å². The van der Waals surface area contributed by atoms with Crippen molar-refractivity contribution < 1.29 is 4.74 Å². The van der Waals surface area contributed by atoms with Gasteiger partial charge >= 0.3 is 0 Å². The van der Waals surface area contributed by atoms with E-state index < -0.39 is 0 Å². The first-order valence-corrected chi connectivity index (χ1v) is 5.75. The van der Waals surface area contributed by atoms with Crippen molar-refractivity contribution >= 4 is 0 Å². The number of hydrogen-bond donors (Lipinski definition) is 1. The Morgan fingerprint density at radius 2 is 2.36 bits per heavy atom. The minimum Gasteiger partial charge on any atom is -0.380 e. The van der Waals surface area contributed by atoms with Gasteiger partial charge in [0, 0.05) is 26.2 Å². The van der Waals surface area contributed by atoms with E-state index in [0.29, 0.717) is 6.10 Å². The molecule has 0 aromatic rings. The summed E-state index contributed by atoms with van der Waals surface area (Å²) < 4.78 is 5.19. The summed E-state index contributed by atoms with van der Waals surface area (Å²) in [5.41, 5.74) is 0. The van der Waals surface area contributed by atoms with Gasteiger partial charge in [0.1, 0.15) is 0 Å². The van der Waals surface area contributed by atoms with Gasteiger partial charge in [-0.05, 0) is 32.9 Å². The number of nitrogens with one attached hydrogen (secondary N) is 1. The van der Waals surface area contributed by atoms with Crippen LogP contribution < -0.4 is 5.32 Å². The standard InChI is InChI=1S/C11H24N2O/c1-4-13-7-5-6-11(13)9-12-8-10(2)14-3/h10-12H,4-9H2,1-3H3. The van der Waals surface area contributed by atoms with Gasteiger partial charge in [-0.25, -0.2) is 0 Å². The first-order chi connectivity index (χ1) is 6.77. The van der Waals surface area contributed by atoms with Gasteiger partial charge in [0.2, 0.25) is 0 Å². The van der Waals surface area contributed by atoms with Gasteiger partial charge in [-0.15, -0.1) is 0 Å². The zero-order valence-electron chi connectivity index (χ0n) is 9.75. The van der Waals surface area contributed by atoms with Gasteiger partial charge in [0.15, 0.2) is 0 Å². The van der Waals surface area contributed by atoms with E-state index in [1.54, 1.807) is 7.11 Å². The highest BCUT2D eigenvalue weighted by Crippen LogP contribution is 2.15. The monoisotopic (exact) mass is 200 g/mol. The summed E-state index contributed by atoms with van der Waals surface area (Å²) in [5, 5.41) is 3.48. The number of ether oxygens (including phenoxy) is 1. The maximum absolute atomic E-state index is 5.19. The lowest BCUT2D eigenvalue weighted by atomic mass is 10.2. The van der Waals surface area contributed by atoms with Crippen molar-refractivity contribution in [3.05, 3.63) is 0 Å². The van der Waals surface area contributed by atoms with Gasteiger partial charge in [0.05, 0.1) is 6.10 Å². The van der Waals surface area contributed by atoms with Crippen LogP contribution >= 0.6 is 0 Å². The Bertz CT molecular complexity index is 152. The zero-order valence-corrected chi connectivity index (χ0v) is 9.75. The van der Waals surface area contributed by atoms with Gasteiger partial charge in [-0.3, -0.25) is 4.90 Å². The molecule has 1 heterocycles. The molecule has 0 aliphatic carbocycles. The molecule has 0 aromatic heterocycles. The molecule has 0 radical (unpaired) electrons. The van der Waals surface area contributed by atoms with Gasteiger partial charge in [-0.2, -0.15) is 0 Å². The van der Waals surface area contributed by atoms with Crippen molar-refractivity contribution in [2.24, 2.45) is 0 Å². The minimum atomic E-state index is 0.325. The summed E-state index contributed by atoms with van der Waals surface area (Å²) in [7, 11) is 1.76. The van der Waals surface area contributed by atoms with E-state index in [0.717, 1.165) is 19.1 Å². The van der Waals surface area contributed by atoms with Gasteiger partial charge in [0.25, 0.3) is 0 Å². The third-order valence-corrected chi connectivity index (χ3v) is 3.12. The molecule has 1 fully saturated rings. The van der Waals surface area contributed by atoms with E-state index in [-0.39, 0.29) is 0 Å². The summed E-state index contributed by atoms with van der Waals surface area (Å²) in [6, 6.07) is 0.754. The summed E-state index contributed by atoms with van der Waals surface area (Å²) in [6.07, 6.45) is 3.04. The van der Waals surface area contributed by atoms with E-state index in [1.807, 2.05) is 0 Å². The number of likely N-dealkylation sites (tertiary alicyclic amines) is 1. The lowest BCUT2D eigenvalue weighted by Crippen LogP contribution is -2.40. The first kappa shape index (κ1) is 12.0. The Balaban J connectivity index is 2.11. The predicted octanol–water partition coefficient (Wildman–Crippen LogP) is 1.10. The highest BCUT2D eigenvalue weighted by molar-refractivity contribution is 4.80. The third-order valence-electron chi connectivity index (χ3n) is 3.12. The normalized spacial score (nSPS) is 25.5. The van der Waals surface area contributed by atoms with Crippen LogP contribution in [0, 0.1) is 0 Å². The lowest BCUT2D eigenvalue weighted by molar-refractivity contribution is 0.115. The molecule has 1 saturated heterocycles. The SMILES string of the molecule is CCN1CCCC1CNCC(C)OC. The van der Waals surface area contributed by atoms with Crippen molar-refractivity contribution in [1.82, 2.24) is 10.2 Å². The smallest absolute Gasteiger partial charge is 0.0667 e. The van der Waals surface area contributed by atoms with Crippen molar-refractivity contribution in [3.8, 4) is 0 Å². The van der Waals surface area contributed by atoms with Crippen molar-refractivity contribution in [2.75, 3.05) is 33.3 Å². The number of likely N-dealkylation sites (N-methyl/N-ethyl adjacent to an activating group) is 1. The summed E-state index contributed by atoms with van der Waals surface area (Å²) in [5.74, 6) is 0. The minimum absolute atomic E-state index is 0.325. The van der Waals surface area contributed by atoms with E-state index in [9.17, 15) is 0 Å². The fourth-order valence-electron chi connectivity index (χ4n) is 2.08. The largest absolute Gasteiger partial charge is 0.380 e. The van der Waals surface area contributed by atoms with Crippen LogP contribution in [0.1, 0.15) is 26.7 Å². The predicted molar refractivity (Wildman–Crippen MR) is 59.6 cm³/mol. The van der Waals surface area contributed by atoms with Crippen LogP contribution in [-0.2, 0) is 4.74 Å². The zero-order chi connectivity index (χ0) is 10.4. The molecule has 0 aromatic carbocycles. The van der Waals surface area contributed by atoms with Crippen LogP contribution in [0.2, 0.25) is 0 Å². The maximum atomic E-state index is 5.19. The summed E-state index contributed by atoms with van der Waals surface area (Å²) >= 11 is 0. The fourth-order valence-corrected chi connectivity index (χ4v) is 2.08. The fraction of sp³-hybridized carbons (Fsp3) is 1.00. The molecule has 3 nitrogen and oxygen atoms in total. The van der Waals surface area contributed by atoms with Crippen molar-refractivity contribution in [3.63, 3.8) is 0 Å². The van der Waals surface area contributed by atoms with Gasteiger partial charge < -0.3 is 10.1 Å². The molecule has 14 heavy (non-hydrogen) atoms. The Kier molecular flexibility index (Phi) is 5.45. The molecule has 0 bridgehead atoms. The Morgan fingerprint density at radius 3 is 3.00 bits per heavy atom. The average Bonchev–Trinajstić information content (AvgIpc) is 2.65. The number of hydrogen-bond acceptors (Lipinski definition) is 3. The van der Waals surface area contributed by atoms with Crippen LogP contribution in [0.15, 0.2) is 0 Å². The quantitative estimate of drug-likeness (QED) is 0.695. The molecule has 2 unspecified atom stereocenters. The van der Waals surface area contributed by atoms with E-state index in [2.05, 4.69) is 24.1 Å². The molecule has 1 aliphatic heterocycles. The van der Waals surface area contributed by atoms with Gasteiger partial charge in [-0.1, -0.05) is 6.92 Å². The summed E-state index contributed by atoms with van der Waals surface area (Å²) in [4.78, 5) is 2.56. The maximum Gasteiger partial charge on any atom is 0.0667 e. The third kappa shape index (κ3) is 3.56. The molecule has 1 rings (SSSR count). The number of rotatable bonds is 6. The van der Waals surface area contributed by atoms with Crippen molar-refractivity contribution in [1.29, 1.82) is 0 Å². The van der Waals surface area contributed by atoms with Crippen LogP contribution in [-0.4, -0.2) is 50.3 Å². The molecular formula is C11H24N2O. The molecule has 0 amide bonds. The Hall–Kier alpha value is -0.120. The molecule has 3 heteroatoms. The molecule has 84 valence electrons. The van der Waals surface area contributed by atoms with E-state index in [4.69, 9.17) is 4.74 Å². The number of methoxy groups -OCH3 is 1. The summed E-state index contributed by atoms with van der Waals surface area (Å²) in [6.45, 7) is 8.89. The highest BCUT2D eigenvalue weighted by atomic mass is 16.5. The van der Waals surface area contributed by atoms with Crippen LogP contribution in [0.25, 0.3) is 0 Å². The van der Waals surface area contributed by atoms with E-state index >= 15 is 0 Å². The molecular weight excluding hydrogens is 176 g/mol. The first-order valence-electron chi connectivity index (χ1n) is 5.75. The molecule has 0 spiro atoms. The van der Waals surface area contributed by atoms with Crippen molar-refractivity contribution in [2.45, 2.75) is 38.8 Å². The van der Waals surface area contributed by atoms with Crippen LogP contribution in [0.3, 0.4) is 0 Å². The van der Waals surface area contributed by atoms with Crippen LogP contribution in [0.5, 0.6) is 0 Å². The molecule has 1 N–H and O–H groups in total. The second-order valence-corrected chi connectivity index (χ2v) is 4.13. The molecule has 2 atom stereocenters. The molecule has 0 saturated carbocycles. The topological polar surface area (TPSA) is 24.5 Å². The Labute approximate surface area is 87.8 Å².